The second-order valence-electron chi connectivity index (χ2n) is 4.21. The lowest BCUT2D eigenvalue weighted by atomic mass is 10.2. The van der Waals surface area contributed by atoms with Gasteiger partial charge in [0.05, 0.1) is 12.7 Å². The van der Waals surface area contributed by atoms with Gasteiger partial charge in [-0.25, -0.2) is 0 Å². The van der Waals surface area contributed by atoms with E-state index in [0.717, 1.165) is 6.42 Å². The van der Waals surface area contributed by atoms with E-state index >= 15 is 0 Å². The molecule has 0 spiro atoms. The second kappa shape index (κ2) is 2.69. The summed E-state index contributed by atoms with van der Waals surface area (Å²) >= 11 is 0. The first-order valence-electron chi connectivity index (χ1n) is 4.55. The summed E-state index contributed by atoms with van der Waals surface area (Å²) in [6, 6.07) is 0. The Balaban J connectivity index is 1.85. The molecule has 1 saturated carbocycles. The van der Waals surface area contributed by atoms with Crippen LogP contribution in [0.5, 0.6) is 0 Å². The molecule has 3 nitrogen and oxygen atoms in total. The summed E-state index contributed by atoms with van der Waals surface area (Å²) in [6.07, 6.45) is 1.32. The van der Waals surface area contributed by atoms with Crippen LogP contribution in [0.3, 0.4) is 0 Å². The summed E-state index contributed by atoms with van der Waals surface area (Å²) in [6.45, 7) is 4.85. The average molecular weight is 172 g/mol. The van der Waals surface area contributed by atoms with Crippen LogP contribution in [-0.2, 0) is 9.47 Å². The summed E-state index contributed by atoms with van der Waals surface area (Å²) < 4.78 is 11.1. The van der Waals surface area contributed by atoms with Crippen LogP contribution in [-0.4, -0.2) is 30.2 Å². The highest BCUT2D eigenvalue weighted by Gasteiger charge is 2.48. The molecule has 0 radical (unpaired) electrons. The van der Waals surface area contributed by atoms with E-state index in [1.807, 2.05) is 13.8 Å². The average Bonchev–Trinajstić information content (AvgIpc) is 2.70. The maximum atomic E-state index is 8.87. The van der Waals surface area contributed by atoms with Gasteiger partial charge < -0.3 is 14.6 Å². The number of aliphatic hydroxyl groups is 1. The van der Waals surface area contributed by atoms with Crippen LogP contribution in [0.15, 0.2) is 0 Å². The van der Waals surface area contributed by atoms with Crippen molar-refractivity contribution >= 4 is 0 Å². The van der Waals surface area contributed by atoms with Crippen molar-refractivity contribution in [3.63, 3.8) is 0 Å². The van der Waals surface area contributed by atoms with E-state index in [2.05, 4.69) is 0 Å². The van der Waals surface area contributed by atoms with Gasteiger partial charge in [-0.2, -0.15) is 0 Å². The molecule has 1 aliphatic carbocycles. The van der Waals surface area contributed by atoms with Crippen LogP contribution in [0.1, 0.15) is 20.3 Å². The Morgan fingerprint density at radius 1 is 1.50 bits per heavy atom. The van der Waals surface area contributed by atoms with E-state index in [9.17, 15) is 0 Å². The quantitative estimate of drug-likeness (QED) is 0.668. The minimum atomic E-state index is -0.409. The Hall–Kier alpha value is -0.120. The van der Waals surface area contributed by atoms with Gasteiger partial charge in [0.15, 0.2) is 5.79 Å². The molecule has 1 saturated heterocycles. The summed E-state index contributed by atoms with van der Waals surface area (Å²) in [5.41, 5.74) is 0. The van der Waals surface area contributed by atoms with Gasteiger partial charge in [-0.05, 0) is 32.1 Å². The van der Waals surface area contributed by atoms with Crippen molar-refractivity contribution in [3.8, 4) is 0 Å². The van der Waals surface area contributed by atoms with Crippen molar-refractivity contribution in [1.29, 1.82) is 0 Å². The van der Waals surface area contributed by atoms with Gasteiger partial charge in [-0.15, -0.1) is 0 Å². The zero-order valence-corrected chi connectivity index (χ0v) is 7.62. The van der Waals surface area contributed by atoms with Crippen molar-refractivity contribution < 1.29 is 14.6 Å². The number of hydrogen-bond donors (Lipinski definition) is 1. The van der Waals surface area contributed by atoms with Crippen molar-refractivity contribution in [1.82, 2.24) is 0 Å². The Labute approximate surface area is 72.7 Å². The normalized spacial score (nSPS) is 44.8. The van der Waals surface area contributed by atoms with E-state index < -0.39 is 5.79 Å². The van der Waals surface area contributed by atoms with Gasteiger partial charge in [-0.3, -0.25) is 0 Å². The molecule has 0 aromatic rings. The molecule has 1 heterocycles. The first-order chi connectivity index (χ1) is 5.62. The lowest BCUT2D eigenvalue weighted by molar-refractivity contribution is -0.141. The monoisotopic (exact) mass is 172 g/mol. The second-order valence-corrected chi connectivity index (χ2v) is 4.21. The van der Waals surface area contributed by atoms with Gasteiger partial charge in [-0.1, -0.05) is 0 Å². The van der Waals surface area contributed by atoms with Gasteiger partial charge in [0, 0.05) is 6.61 Å². The first kappa shape index (κ1) is 8.48. The van der Waals surface area contributed by atoms with E-state index in [-0.39, 0.29) is 6.10 Å². The lowest BCUT2D eigenvalue weighted by Gasteiger charge is -2.16. The summed E-state index contributed by atoms with van der Waals surface area (Å²) in [5, 5.41) is 8.87. The number of ether oxygens (including phenoxy) is 2. The van der Waals surface area contributed by atoms with Crippen LogP contribution < -0.4 is 0 Å². The molecule has 2 aliphatic rings. The molecule has 70 valence electrons. The summed E-state index contributed by atoms with van der Waals surface area (Å²) in [5.74, 6) is 0.594. The smallest absolute Gasteiger partial charge is 0.163 e. The maximum absolute atomic E-state index is 8.87. The van der Waals surface area contributed by atoms with Crippen molar-refractivity contribution in [2.45, 2.75) is 32.2 Å². The van der Waals surface area contributed by atoms with Crippen molar-refractivity contribution in [2.24, 2.45) is 11.8 Å². The first-order valence-corrected chi connectivity index (χ1v) is 4.55. The fourth-order valence-electron chi connectivity index (χ4n) is 1.86. The molecule has 2 rings (SSSR count). The Bertz CT molecular complexity index is 179. The van der Waals surface area contributed by atoms with Crippen LogP contribution in [0.25, 0.3) is 0 Å². The van der Waals surface area contributed by atoms with E-state index in [0.29, 0.717) is 25.0 Å². The fraction of sp³-hybridized carbons (Fsp3) is 1.00. The van der Waals surface area contributed by atoms with Gasteiger partial charge in [0.1, 0.15) is 0 Å². The highest BCUT2D eigenvalue weighted by molar-refractivity contribution is 4.94. The summed E-state index contributed by atoms with van der Waals surface area (Å²) in [4.78, 5) is 0. The summed E-state index contributed by atoms with van der Waals surface area (Å²) in [7, 11) is 0. The largest absolute Gasteiger partial charge is 0.396 e. The Morgan fingerprint density at radius 3 is 2.67 bits per heavy atom. The molecule has 2 fully saturated rings. The fourth-order valence-corrected chi connectivity index (χ4v) is 1.86. The molecule has 0 bridgehead atoms. The van der Waals surface area contributed by atoms with Crippen LogP contribution in [0.4, 0.5) is 0 Å². The Kier molecular flexibility index (Phi) is 1.90. The van der Waals surface area contributed by atoms with Crippen LogP contribution in [0, 0.1) is 11.8 Å². The number of hydrogen-bond acceptors (Lipinski definition) is 3. The molecule has 1 aliphatic heterocycles. The van der Waals surface area contributed by atoms with Crippen molar-refractivity contribution in [2.75, 3.05) is 13.2 Å². The minimum absolute atomic E-state index is 0.220. The predicted molar refractivity (Wildman–Crippen MR) is 43.6 cm³/mol. The molecule has 12 heavy (non-hydrogen) atoms. The maximum Gasteiger partial charge on any atom is 0.163 e. The topological polar surface area (TPSA) is 38.7 Å². The Morgan fingerprint density at radius 2 is 2.25 bits per heavy atom. The van der Waals surface area contributed by atoms with E-state index in [1.165, 1.54) is 0 Å². The highest BCUT2D eigenvalue weighted by Crippen LogP contribution is 2.45. The third kappa shape index (κ3) is 1.49. The molecule has 3 heteroatoms. The van der Waals surface area contributed by atoms with Gasteiger partial charge in [0.2, 0.25) is 0 Å². The SMILES string of the molecule is CC1(C)OCC([C@@H]2C[C@H]2CO)O1. The molecule has 3 atom stereocenters. The zero-order valence-electron chi connectivity index (χ0n) is 7.62. The van der Waals surface area contributed by atoms with Crippen LogP contribution in [0.2, 0.25) is 0 Å². The molecular formula is C9H16O3. The number of aliphatic hydroxyl groups excluding tert-OH is 1. The predicted octanol–water partition coefficient (Wildman–Crippen LogP) is 0.766. The van der Waals surface area contributed by atoms with Gasteiger partial charge >= 0.3 is 0 Å². The molecule has 0 aromatic heterocycles. The molecule has 0 amide bonds. The molecule has 1 N–H and O–H groups in total. The molecule has 1 unspecified atom stereocenters. The lowest BCUT2D eigenvalue weighted by Crippen LogP contribution is -2.22. The molecular weight excluding hydrogens is 156 g/mol. The number of rotatable bonds is 2. The third-order valence-corrected chi connectivity index (χ3v) is 2.72. The van der Waals surface area contributed by atoms with E-state index in [1.54, 1.807) is 0 Å². The minimum Gasteiger partial charge on any atom is -0.396 e. The highest BCUT2D eigenvalue weighted by atomic mass is 16.7. The zero-order chi connectivity index (χ0) is 8.77. The van der Waals surface area contributed by atoms with Crippen LogP contribution >= 0.6 is 0 Å². The standard InChI is InChI=1S/C9H16O3/c1-9(2)11-5-8(12-9)7-3-6(7)4-10/h6-8,10H,3-5H2,1-2H3/t6-,7+,8?/m0/s1. The third-order valence-electron chi connectivity index (χ3n) is 2.72. The van der Waals surface area contributed by atoms with Gasteiger partial charge in [0.25, 0.3) is 0 Å². The van der Waals surface area contributed by atoms with Crippen molar-refractivity contribution in [3.05, 3.63) is 0 Å². The van der Waals surface area contributed by atoms with E-state index in [4.69, 9.17) is 14.6 Å². The molecule has 0 aromatic carbocycles.